The molecule has 8 nitrogen and oxygen atoms in total. The normalized spacial score (nSPS) is 11.0. The zero-order chi connectivity index (χ0) is 27.7. The van der Waals surface area contributed by atoms with Crippen molar-refractivity contribution in [3.63, 3.8) is 0 Å². The maximum Gasteiger partial charge on any atom is 0.285 e. The summed E-state index contributed by atoms with van der Waals surface area (Å²) in [5.41, 5.74) is 15.1. The van der Waals surface area contributed by atoms with E-state index in [0.29, 0.717) is 39.8 Å². The number of ether oxygens (including phenoxy) is 3. The van der Waals surface area contributed by atoms with Crippen molar-refractivity contribution in [2.24, 2.45) is 5.73 Å². The van der Waals surface area contributed by atoms with Gasteiger partial charge in [0.2, 0.25) is 11.5 Å². The Morgan fingerprint density at radius 2 is 1.77 bits per heavy atom. The summed E-state index contributed by atoms with van der Waals surface area (Å²) in [6.45, 7) is 0.113. The monoisotopic (exact) mass is 547 g/mol. The number of rotatable bonds is 9. The molecule has 0 unspecified atom stereocenters. The highest BCUT2D eigenvalue weighted by atomic mass is 32.1. The van der Waals surface area contributed by atoms with E-state index in [4.69, 9.17) is 30.1 Å². The first-order chi connectivity index (χ1) is 18.9. The van der Waals surface area contributed by atoms with Gasteiger partial charge >= 0.3 is 0 Å². The molecular weight excluding hydrogens is 521 g/mol. The summed E-state index contributed by atoms with van der Waals surface area (Å²) in [6.07, 6.45) is 0. The molecule has 0 aliphatic heterocycles. The van der Waals surface area contributed by atoms with E-state index in [1.165, 1.54) is 21.3 Å². The fourth-order valence-electron chi connectivity index (χ4n) is 4.51. The minimum Gasteiger partial charge on any atom is -0.493 e. The van der Waals surface area contributed by atoms with Crippen LogP contribution in [-0.2, 0) is 6.54 Å². The summed E-state index contributed by atoms with van der Waals surface area (Å²) >= 11 is 1.56. The molecule has 0 saturated carbocycles. The third kappa shape index (κ3) is 4.70. The summed E-state index contributed by atoms with van der Waals surface area (Å²) in [6, 6.07) is 16.0. The van der Waals surface area contributed by atoms with E-state index in [-0.39, 0.29) is 28.8 Å². The summed E-state index contributed by atoms with van der Waals surface area (Å²) in [7, 11) is 4.55. The van der Waals surface area contributed by atoms with Gasteiger partial charge in [0, 0.05) is 51.6 Å². The van der Waals surface area contributed by atoms with Crippen LogP contribution in [0.15, 0.2) is 64.4 Å². The number of nitrogens with two attached hydrogens (primary N) is 2. The molecule has 0 aliphatic carbocycles. The van der Waals surface area contributed by atoms with Crippen molar-refractivity contribution in [1.29, 1.82) is 0 Å². The average Bonchev–Trinajstić information content (AvgIpc) is 3.61. The van der Waals surface area contributed by atoms with E-state index in [9.17, 15) is 4.79 Å². The lowest BCUT2D eigenvalue weighted by Gasteiger charge is -2.15. The number of fused-ring (bicyclic) bond motifs is 1. The molecule has 0 radical (unpaired) electrons. The highest BCUT2D eigenvalue weighted by molar-refractivity contribution is 7.13. The zero-order valence-corrected chi connectivity index (χ0v) is 22.3. The van der Waals surface area contributed by atoms with Gasteiger partial charge in [0.25, 0.3) is 5.91 Å². The Bertz CT molecular complexity index is 1660. The third-order valence-electron chi connectivity index (χ3n) is 6.37. The SMILES string of the molecule is COc1cc(NCc2ccc3oc(C(N)=O)c(-c4cc(-c5cccs5)ccc4N)c3c2F)cc(OC)c1OC. The highest BCUT2D eigenvalue weighted by Crippen LogP contribution is 2.43. The standard InChI is InChI=1S/C29H26FN3O5S/c1-35-21-12-17(13-22(36-2)27(21)37-3)33-14-16-7-9-20-25(26(16)30)24(28(38-20)29(32)34)18-11-15(6-8-19(18)31)23-5-4-10-39-23/h4-13,33H,14,31H2,1-3H3,(H2,32,34). The molecule has 0 aliphatic rings. The van der Waals surface area contributed by atoms with Gasteiger partial charge < -0.3 is 35.4 Å². The van der Waals surface area contributed by atoms with Crippen molar-refractivity contribution >= 4 is 39.6 Å². The van der Waals surface area contributed by atoms with Gasteiger partial charge in [0.1, 0.15) is 11.4 Å². The Hall–Kier alpha value is -4.70. The Balaban J connectivity index is 1.60. The second kappa shape index (κ2) is 10.6. The topological polar surface area (TPSA) is 122 Å². The molecule has 0 saturated heterocycles. The third-order valence-corrected chi connectivity index (χ3v) is 7.29. The van der Waals surface area contributed by atoms with Crippen LogP contribution in [-0.4, -0.2) is 27.2 Å². The van der Waals surface area contributed by atoms with Crippen LogP contribution in [0, 0.1) is 5.82 Å². The first kappa shape index (κ1) is 25.9. The van der Waals surface area contributed by atoms with Crippen LogP contribution >= 0.6 is 11.3 Å². The van der Waals surface area contributed by atoms with Crippen molar-refractivity contribution in [2.45, 2.75) is 6.54 Å². The number of carbonyl (C=O) groups is 1. The quantitative estimate of drug-likeness (QED) is 0.186. The number of amides is 1. The molecule has 10 heteroatoms. The van der Waals surface area contributed by atoms with E-state index in [1.807, 2.05) is 29.6 Å². The Labute approximate surface area is 227 Å². The van der Waals surface area contributed by atoms with E-state index in [2.05, 4.69) is 5.32 Å². The highest BCUT2D eigenvalue weighted by Gasteiger charge is 2.26. The molecule has 3 aromatic carbocycles. The Morgan fingerprint density at radius 1 is 1.03 bits per heavy atom. The number of primary amides is 1. The zero-order valence-electron chi connectivity index (χ0n) is 21.5. The van der Waals surface area contributed by atoms with Crippen molar-refractivity contribution in [1.82, 2.24) is 0 Å². The number of anilines is 2. The van der Waals surface area contributed by atoms with Crippen LogP contribution < -0.4 is 31.0 Å². The molecule has 5 rings (SSSR count). The van der Waals surface area contributed by atoms with Gasteiger partial charge in [-0.05, 0) is 35.2 Å². The maximum absolute atomic E-state index is 16.1. The molecule has 5 N–H and O–H groups in total. The Morgan fingerprint density at radius 3 is 2.38 bits per heavy atom. The molecule has 0 bridgehead atoms. The van der Waals surface area contributed by atoms with Crippen molar-refractivity contribution in [2.75, 3.05) is 32.4 Å². The van der Waals surface area contributed by atoms with Crippen molar-refractivity contribution in [3.8, 4) is 38.8 Å². The van der Waals surface area contributed by atoms with Gasteiger partial charge in [0.15, 0.2) is 11.5 Å². The van der Waals surface area contributed by atoms with E-state index in [0.717, 1.165) is 10.4 Å². The van der Waals surface area contributed by atoms with Crippen LogP contribution in [0.1, 0.15) is 16.1 Å². The second-order valence-electron chi connectivity index (χ2n) is 8.63. The fraction of sp³-hybridized carbons (Fsp3) is 0.138. The van der Waals surface area contributed by atoms with Crippen LogP contribution in [0.3, 0.4) is 0 Å². The van der Waals surface area contributed by atoms with Crippen LogP contribution in [0.5, 0.6) is 17.2 Å². The molecular formula is C29H26FN3O5S. The van der Waals surface area contributed by atoms with Gasteiger partial charge in [-0.3, -0.25) is 4.79 Å². The number of nitrogen functional groups attached to an aromatic ring is 1. The van der Waals surface area contributed by atoms with Gasteiger partial charge in [-0.1, -0.05) is 18.2 Å². The van der Waals surface area contributed by atoms with Gasteiger partial charge in [-0.2, -0.15) is 0 Å². The molecule has 2 aromatic heterocycles. The van der Waals surface area contributed by atoms with E-state index in [1.54, 1.807) is 41.7 Å². The number of halogens is 1. The smallest absolute Gasteiger partial charge is 0.285 e. The number of thiophene rings is 1. The minimum absolute atomic E-state index is 0.113. The summed E-state index contributed by atoms with van der Waals surface area (Å²) < 4.78 is 38.1. The number of hydrogen-bond donors (Lipinski definition) is 3. The number of methoxy groups -OCH3 is 3. The lowest BCUT2D eigenvalue weighted by atomic mass is 9.96. The molecule has 0 atom stereocenters. The number of hydrogen-bond acceptors (Lipinski definition) is 8. The number of nitrogens with one attached hydrogen (secondary N) is 1. The van der Waals surface area contributed by atoms with Crippen molar-refractivity contribution in [3.05, 3.63) is 77.1 Å². The Kier molecular flexibility index (Phi) is 7.03. The minimum atomic E-state index is -0.821. The van der Waals surface area contributed by atoms with Gasteiger partial charge in [-0.25, -0.2) is 4.39 Å². The fourth-order valence-corrected chi connectivity index (χ4v) is 5.23. The molecule has 0 spiro atoms. The first-order valence-corrected chi connectivity index (χ1v) is 12.8. The molecule has 0 fully saturated rings. The van der Waals surface area contributed by atoms with Crippen LogP contribution in [0.2, 0.25) is 0 Å². The number of benzene rings is 3. The largest absolute Gasteiger partial charge is 0.493 e. The summed E-state index contributed by atoms with van der Waals surface area (Å²) in [4.78, 5) is 13.4. The summed E-state index contributed by atoms with van der Waals surface area (Å²) in [5.74, 6) is -0.173. The molecule has 200 valence electrons. The maximum atomic E-state index is 16.1. The average molecular weight is 548 g/mol. The van der Waals surface area contributed by atoms with Crippen molar-refractivity contribution < 1.29 is 27.8 Å². The summed E-state index contributed by atoms with van der Waals surface area (Å²) in [5, 5.41) is 5.28. The number of furan rings is 1. The molecule has 2 heterocycles. The predicted molar refractivity (Wildman–Crippen MR) is 151 cm³/mol. The van der Waals surface area contributed by atoms with Gasteiger partial charge in [-0.15, -0.1) is 11.3 Å². The van der Waals surface area contributed by atoms with E-state index < -0.39 is 11.7 Å². The van der Waals surface area contributed by atoms with Gasteiger partial charge in [0.05, 0.1) is 26.7 Å². The van der Waals surface area contributed by atoms with E-state index >= 15 is 4.39 Å². The van der Waals surface area contributed by atoms with Crippen LogP contribution in [0.4, 0.5) is 15.8 Å². The molecule has 1 amide bonds. The number of carbonyl (C=O) groups excluding carboxylic acids is 1. The second-order valence-corrected chi connectivity index (χ2v) is 9.58. The first-order valence-electron chi connectivity index (χ1n) is 11.9. The lowest BCUT2D eigenvalue weighted by Crippen LogP contribution is -2.11. The van der Waals surface area contributed by atoms with Crippen LogP contribution in [0.25, 0.3) is 32.5 Å². The lowest BCUT2D eigenvalue weighted by molar-refractivity contribution is 0.0977. The molecule has 39 heavy (non-hydrogen) atoms. The molecule has 5 aromatic rings. The predicted octanol–water partition coefficient (Wildman–Crippen LogP) is 6.29.